The zero-order valence-electron chi connectivity index (χ0n) is 15.3. The summed E-state index contributed by atoms with van der Waals surface area (Å²) in [6.45, 7) is 0.456. The monoisotopic (exact) mass is 404 g/mol. The molecule has 1 aromatic carbocycles. The molecule has 1 unspecified atom stereocenters. The Morgan fingerprint density at radius 3 is 2.76 bits per heavy atom. The fraction of sp³-hybridized carbons (Fsp3) is 0.350. The van der Waals surface area contributed by atoms with E-state index in [1.807, 2.05) is 0 Å². The van der Waals surface area contributed by atoms with Crippen molar-refractivity contribution in [3.8, 4) is 6.07 Å². The van der Waals surface area contributed by atoms with Crippen LogP contribution < -0.4 is 10.6 Å². The van der Waals surface area contributed by atoms with Gasteiger partial charge in [0.1, 0.15) is 5.82 Å². The molecule has 0 bridgehead atoms. The van der Waals surface area contributed by atoms with E-state index in [9.17, 15) is 23.1 Å². The molecule has 1 aliphatic rings. The number of hydrogen-bond acceptors (Lipinski definition) is 5. The largest absolute Gasteiger partial charge is 0.417 e. The number of anilines is 2. The molecule has 3 rings (SSSR count). The van der Waals surface area contributed by atoms with Crippen LogP contribution in [0, 0.1) is 17.2 Å². The summed E-state index contributed by atoms with van der Waals surface area (Å²) >= 11 is 0. The zero-order valence-corrected chi connectivity index (χ0v) is 15.3. The molecule has 0 aliphatic heterocycles. The topological polar surface area (TPSA) is 98.0 Å². The Morgan fingerprint density at radius 2 is 2.10 bits per heavy atom. The molecule has 2 aromatic rings. The van der Waals surface area contributed by atoms with Crippen LogP contribution >= 0.6 is 0 Å². The molecular weight excluding hydrogens is 385 g/mol. The first kappa shape index (κ1) is 20.6. The molecule has 1 aromatic heterocycles. The van der Waals surface area contributed by atoms with Crippen molar-refractivity contribution in [3.05, 3.63) is 53.2 Å². The van der Waals surface area contributed by atoms with Crippen molar-refractivity contribution < 1.29 is 23.1 Å². The maximum atomic E-state index is 12.9. The predicted molar refractivity (Wildman–Crippen MR) is 100 cm³/mol. The molecule has 0 radical (unpaired) electrons. The molecule has 1 heterocycles. The number of amides is 1. The van der Waals surface area contributed by atoms with Gasteiger partial charge < -0.3 is 15.7 Å². The van der Waals surface area contributed by atoms with Crippen LogP contribution in [0.2, 0.25) is 0 Å². The SMILES string of the molecule is N#Cc1cc(NC(=O)c2cccnc2NCC2CCC[C@H]2O)ccc1C(F)(F)F. The Labute approximate surface area is 165 Å². The van der Waals surface area contributed by atoms with Crippen LogP contribution in [-0.2, 0) is 6.18 Å². The second-order valence-corrected chi connectivity index (χ2v) is 6.86. The molecule has 3 N–H and O–H groups in total. The molecular formula is C20H19F3N4O2. The number of carbonyl (C=O) groups excluding carboxylic acids is 1. The molecule has 2 atom stereocenters. The lowest BCUT2D eigenvalue weighted by atomic mass is 10.1. The number of nitrogens with one attached hydrogen (secondary N) is 2. The minimum Gasteiger partial charge on any atom is -0.393 e. The molecule has 0 spiro atoms. The van der Waals surface area contributed by atoms with Crippen molar-refractivity contribution in [2.45, 2.75) is 31.5 Å². The quantitative estimate of drug-likeness (QED) is 0.704. The normalized spacial score (nSPS) is 18.9. The first-order chi connectivity index (χ1) is 13.8. The summed E-state index contributed by atoms with van der Waals surface area (Å²) < 4.78 is 38.7. The number of nitriles is 1. The Morgan fingerprint density at radius 1 is 1.31 bits per heavy atom. The van der Waals surface area contributed by atoms with Crippen LogP contribution in [-0.4, -0.2) is 28.6 Å². The number of nitrogens with zero attached hydrogens (tertiary/aromatic N) is 2. The van der Waals surface area contributed by atoms with E-state index in [0.717, 1.165) is 37.5 Å². The first-order valence-electron chi connectivity index (χ1n) is 9.09. The number of benzene rings is 1. The van der Waals surface area contributed by atoms with Gasteiger partial charge in [0.15, 0.2) is 0 Å². The molecule has 1 amide bonds. The van der Waals surface area contributed by atoms with Gasteiger partial charge in [0.25, 0.3) is 5.91 Å². The van der Waals surface area contributed by atoms with Gasteiger partial charge in [0, 0.05) is 24.3 Å². The van der Waals surface area contributed by atoms with Crippen molar-refractivity contribution in [2.24, 2.45) is 5.92 Å². The van der Waals surface area contributed by atoms with E-state index in [-0.39, 0.29) is 23.3 Å². The van der Waals surface area contributed by atoms with Crippen molar-refractivity contribution in [1.29, 1.82) is 5.26 Å². The average Bonchev–Trinajstić information content (AvgIpc) is 3.10. The molecule has 1 saturated carbocycles. The van der Waals surface area contributed by atoms with E-state index < -0.39 is 23.2 Å². The number of hydrogen-bond donors (Lipinski definition) is 3. The number of aliphatic hydroxyl groups excluding tert-OH is 1. The number of carbonyl (C=O) groups is 1. The minimum absolute atomic E-state index is 0.0700. The smallest absolute Gasteiger partial charge is 0.393 e. The fourth-order valence-electron chi connectivity index (χ4n) is 3.37. The molecule has 6 nitrogen and oxygen atoms in total. The summed E-state index contributed by atoms with van der Waals surface area (Å²) in [7, 11) is 0. The minimum atomic E-state index is -4.65. The highest BCUT2D eigenvalue weighted by Crippen LogP contribution is 2.33. The molecule has 152 valence electrons. The van der Waals surface area contributed by atoms with Gasteiger partial charge in [-0.15, -0.1) is 0 Å². The van der Waals surface area contributed by atoms with Crippen LogP contribution in [0.5, 0.6) is 0 Å². The van der Waals surface area contributed by atoms with Crippen LogP contribution in [0.3, 0.4) is 0 Å². The van der Waals surface area contributed by atoms with Gasteiger partial charge in [-0.05, 0) is 43.2 Å². The molecule has 29 heavy (non-hydrogen) atoms. The molecule has 1 aliphatic carbocycles. The van der Waals surface area contributed by atoms with Gasteiger partial charge in [-0.25, -0.2) is 4.98 Å². The number of pyridine rings is 1. The van der Waals surface area contributed by atoms with E-state index in [0.29, 0.717) is 12.4 Å². The second kappa shape index (κ2) is 8.49. The lowest BCUT2D eigenvalue weighted by Gasteiger charge is -2.17. The van der Waals surface area contributed by atoms with Gasteiger partial charge >= 0.3 is 6.18 Å². The van der Waals surface area contributed by atoms with Gasteiger partial charge in [-0.2, -0.15) is 18.4 Å². The summed E-state index contributed by atoms with van der Waals surface area (Å²) in [4.78, 5) is 16.8. The maximum Gasteiger partial charge on any atom is 0.417 e. The second-order valence-electron chi connectivity index (χ2n) is 6.86. The average molecular weight is 404 g/mol. The lowest BCUT2D eigenvalue weighted by molar-refractivity contribution is -0.137. The maximum absolute atomic E-state index is 12.9. The Balaban J connectivity index is 1.75. The van der Waals surface area contributed by atoms with Gasteiger partial charge in [0.05, 0.1) is 28.9 Å². The first-order valence-corrected chi connectivity index (χ1v) is 9.09. The molecule has 9 heteroatoms. The Bertz CT molecular complexity index is 940. The van der Waals surface area contributed by atoms with E-state index in [1.165, 1.54) is 18.3 Å². The van der Waals surface area contributed by atoms with Crippen molar-refractivity contribution >= 4 is 17.4 Å². The number of rotatable bonds is 5. The number of halogens is 3. The summed E-state index contributed by atoms with van der Waals surface area (Å²) in [5.74, 6) is -0.186. The zero-order chi connectivity index (χ0) is 21.0. The third-order valence-electron chi connectivity index (χ3n) is 4.91. The summed E-state index contributed by atoms with van der Waals surface area (Å²) in [5, 5.41) is 24.5. The van der Waals surface area contributed by atoms with E-state index in [2.05, 4.69) is 15.6 Å². The van der Waals surface area contributed by atoms with Gasteiger partial charge in [0.2, 0.25) is 0 Å². The van der Waals surface area contributed by atoms with Gasteiger partial charge in [-0.1, -0.05) is 6.42 Å². The molecule has 1 fully saturated rings. The van der Waals surface area contributed by atoms with E-state index in [4.69, 9.17) is 5.26 Å². The highest BCUT2D eigenvalue weighted by Gasteiger charge is 2.33. The van der Waals surface area contributed by atoms with E-state index >= 15 is 0 Å². The lowest BCUT2D eigenvalue weighted by Crippen LogP contribution is -2.24. The fourth-order valence-corrected chi connectivity index (χ4v) is 3.37. The van der Waals surface area contributed by atoms with Crippen LogP contribution in [0.4, 0.5) is 24.7 Å². The number of aromatic nitrogens is 1. The Kier molecular flexibility index (Phi) is 6.03. The predicted octanol–water partition coefficient (Wildman–Crippen LogP) is 3.80. The Hall–Kier alpha value is -3.12. The highest BCUT2D eigenvalue weighted by atomic mass is 19.4. The van der Waals surface area contributed by atoms with E-state index in [1.54, 1.807) is 6.07 Å². The number of alkyl halides is 3. The molecule has 0 saturated heterocycles. The number of aliphatic hydroxyl groups is 1. The summed E-state index contributed by atoms with van der Waals surface area (Å²) in [6, 6.07) is 7.45. The summed E-state index contributed by atoms with van der Waals surface area (Å²) in [6.07, 6.45) is -0.963. The highest BCUT2D eigenvalue weighted by molar-refractivity contribution is 6.07. The van der Waals surface area contributed by atoms with Crippen LogP contribution in [0.15, 0.2) is 36.5 Å². The van der Waals surface area contributed by atoms with Crippen molar-refractivity contribution in [2.75, 3.05) is 17.2 Å². The van der Waals surface area contributed by atoms with Crippen molar-refractivity contribution in [1.82, 2.24) is 4.98 Å². The van der Waals surface area contributed by atoms with Crippen LogP contribution in [0.1, 0.15) is 40.7 Å². The van der Waals surface area contributed by atoms with Gasteiger partial charge in [-0.3, -0.25) is 4.79 Å². The summed E-state index contributed by atoms with van der Waals surface area (Å²) in [5.41, 5.74) is -1.36. The third kappa shape index (κ3) is 4.84. The third-order valence-corrected chi connectivity index (χ3v) is 4.91. The van der Waals surface area contributed by atoms with Crippen LogP contribution in [0.25, 0.3) is 0 Å². The standard InChI is InChI=1S/C20H19F3N4O2/c21-20(22,23)16-7-6-14(9-13(16)10-24)27-19(29)15-4-2-8-25-18(15)26-11-12-3-1-5-17(12)28/h2,4,6-9,12,17,28H,1,3,5,11H2,(H,25,26)(H,27,29)/t12?,17-/m1/s1. The van der Waals surface area contributed by atoms with Crippen molar-refractivity contribution in [3.63, 3.8) is 0 Å².